The second kappa shape index (κ2) is 7.33. The Bertz CT molecular complexity index is 877. The molecule has 4 rings (SSSR count). The molecule has 0 bridgehead atoms. The molecule has 1 fully saturated rings. The number of alkyl halides is 2. The summed E-state index contributed by atoms with van der Waals surface area (Å²) in [5.41, 5.74) is 1.86. The van der Waals surface area contributed by atoms with Gasteiger partial charge in [-0.15, -0.1) is 0 Å². The molecule has 1 aliphatic heterocycles. The van der Waals surface area contributed by atoms with Crippen molar-refractivity contribution in [2.24, 2.45) is 0 Å². The number of para-hydroxylation sites is 1. The van der Waals surface area contributed by atoms with Crippen molar-refractivity contribution >= 4 is 16.7 Å². The average molecular weight is 354 g/mol. The van der Waals surface area contributed by atoms with Gasteiger partial charge in [0.1, 0.15) is 5.82 Å². The average Bonchev–Trinajstić information content (AvgIpc) is 2.68. The van der Waals surface area contributed by atoms with E-state index in [-0.39, 0.29) is 6.54 Å². The van der Waals surface area contributed by atoms with Gasteiger partial charge in [-0.1, -0.05) is 42.5 Å². The first-order valence-corrected chi connectivity index (χ1v) is 8.78. The van der Waals surface area contributed by atoms with Crippen molar-refractivity contribution < 1.29 is 8.78 Å². The third-order valence-electron chi connectivity index (χ3n) is 4.68. The van der Waals surface area contributed by atoms with E-state index in [1.54, 1.807) is 0 Å². The second-order valence-corrected chi connectivity index (χ2v) is 6.43. The molecular formula is C20H20F2N4. The quantitative estimate of drug-likeness (QED) is 0.715. The first kappa shape index (κ1) is 16.8. The standard InChI is InChI=1S/C20H20F2N4/c21-18(22)14-25-10-12-26(13-11-25)20-16-8-4-5-9-17(16)23-19(24-20)15-6-2-1-3-7-15/h1-9,18H,10-14H2. The monoisotopic (exact) mass is 354 g/mol. The predicted molar refractivity (Wildman–Crippen MR) is 99.6 cm³/mol. The van der Waals surface area contributed by atoms with E-state index in [2.05, 4.69) is 4.90 Å². The van der Waals surface area contributed by atoms with Crippen LogP contribution in [0.2, 0.25) is 0 Å². The lowest BCUT2D eigenvalue weighted by molar-refractivity contribution is 0.0854. The number of fused-ring (bicyclic) bond motifs is 1. The van der Waals surface area contributed by atoms with Crippen LogP contribution in [0, 0.1) is 0 Å². The van der Waals surface area contributed by atoms with Gasteiger partial charge in [0.05, 0.1) is 12.1 Å². The first-order valence-electron chi connectivity index (χ1n) is 8.78. The Morgan fingerprint density at radius 2 is 1.54 bits per heavy atom. The molecule has 0 atom stereocenters. The topological polar surface area (TPSA) is 32.3 Å². The Morgan fingerprint density at radius 3 is 2.27 bits per heavy atom. The van der Waals surface area contributed by atoms with Crippen molar-refractivity contribution in [2.75, 3.05) is 37.6 Å². The van der Waals surface area contributed by atoms with Crippen LogP contribution in [-0.4, -0.2) is 54.0 Å². The molecule has 0 radical (unpaired) electrons. The SMILES string of the molecule is FC(F)CN1CCN(c2nc(-c3ccccc3)nc3ccccc23)CC1. The molecule has 1 aliphatic rings. The maximum Gasteiger partial charge on any atom is 0.251 e. The van der Waals surface area contributed by atoms with Crippen molar-refractivity contribution in [2.45, 2.75) is 6.43 Å². The molecule has 3 aromatic rings. The molecule has 26 heavy (non-hydrogen) atoms. The summed E-state index contributed by atoms with van der Waals surface area (Å²) in [6.07, 6.45) is -2.29. The minimum Gasteiger partial charge on any atom is -0.353 e. The van der Waals surface area contributed by atoms with Gasteiger partial charge in [-0.3, -0.25) is 4.90 Å². The number of rotatable bonds is 4. The highest BCUT2D eigenvalue weighted by Gasteiger charge is 2.22. The molecule has 134 valence electrons. The maximum atomic E-state index is 12.6. The van der Waals surface area contributed by atoms with Crippen LogP contribution in [0.4, 0.5) is 14.6 Å². The molecule has 0 amide bonds. The summed E-state index contributed by atoms with van der Waals surface area (Å²) in [5, 5.41) is 0.995. The van der Waals surface area contributed by atoms with Crippen LogP contribution in [0.1, 0.15) is 0 Å². The molecule has 6 heteroatoms. The van der Waals surface area contributed by atoms with E-state index in [1.165, 1.54) is 0 Å². The smallest absolute Gasteiger partial charge is 0.251 e. The lowest BCUT2D eigenvalue weighted by Crippen LogP contribution is -2.48. The molecule has 0 aliphatic carbocycles. The van der Waals surface area contributed by atoms with Crippen LogP contribution in [0.15, 0.2) is 54.6 Å². The zero-order valence-corrected chi connectivity index (χ0v) is 14.4. The second-order valence-electron chi connectivity index (χ2n) is 6.43. The van der Waals surface area contributed by atoms with Crippen molar-refractivity contribution in [3.05, 3.63) is 54.6 Å². The van der Waals surface area contributed by atoms with E-state index in [0.29, 0.717) is 32.0 Å². The Kier molecular flexibility index (Phi) is 4.75. The van der Waals surface area contributed by atoms with Gasteiger partial charge >= 0.3 is 0 Å². The summed E-state index contributed by atoms with van der Waals surface area (Å²) in [6.45, 7) is 2.43. The highest BCUT2D eigenvalue weighted by Crippen LogP contribution is 2.28. The molecule has 1 saturated heterocycles. The van der Waals surface area contributed by atoms with Gasteiger partial charge < -0.3 is 4.90 Å². The minimum atomic E-state index is -2.29. The maximum absolute atomic E-state index is 12.6. The largest absolute Gasteiger partial charge is 0.353 e. The van der Waals surface area contributed by atoms with Crippen LogP contribution < -0.4 is 4.90 Å². The number of nitrogens with zero attached hydrogens (tertiary/aromatic N) is 4. The Balaban J connectivity index is 1.68. The van der Waals surface area contributed by atoms with Crippen molar-refractivity contribution in [3.63, 3.8) is 0 Å². The first-order chi connectivity index (χ1) is 12.7. The highest BCUT2D eigenvalue weighted by atomic mass is 19.3. The number of piperazine rings is 1. The lowest BCUT2D eigenvalue weighted by Gasteiger charge is -2.35. The van der Waals surface area contributed by atoms with Crippen molar-refractivity contribution in [1.82, 2.24) is 14.9 Å². The summed E-state index contributed by atoms with van der Waals surface area (Å²) in [4.78, 5) is 13.5. The Morgan fingerprint density at radius 1 is 0.846 bits per heavy atom. The minimum absolute atomic E-state index is 0.159. The highest BCUT2D eigenvalue weighted by molar-refractivity contribution is 5.91. The van der Waals surface area contributed by atoms with Crippen LogP contribution >= 0.6 is 0 Å². The van der Waals surface area contributed by atoms with E-state index < -0.39 is 6.43 Å². The van der Waals surface area contributed by atoms with Crippen molar-refractivity contribution in [3.8, 4) is 11.4 Å². The Labute approximate surface area is 151 Å². The predicted octanol–water partition coefficient (Wildman–Crippen LogP) is 3.68. The van der Waals surface area contributed by atoms with Gasteiger partial charge in [-0.05, 0) is 12.1 Å². The van der Waals surface area contributed by atoms with E-state index >= 15 is 0 Å². The summed E-state index contributed by atoms with van der Waals surface area (Å²) in [5.74, 6) is 1.57. The van der Waals surface area contributed by atoms with E-state index in [0.717, 1.165) is 22.3 Å². The van der Waals surface area contributed by atoms with Crippen molar-refractivity contribution in [1.29, 1.82) is 0 Å². The van der Waals surface area contributed by atoms with Gasteiger partial charge in [0.15, 0.2) is 5.82 Å². The molecule has 0 N–H and O–H groups in total. The number of halogens is 2. The van der Waals surface area contributed by atoms with Crippen LogP contribution in [0.25, 0.3) is 22.3 Å². The van der Waals surface area contributed by atoms with E-state index in [1.807, 2.05) is 59.5 Å². The Hall–Kier alpha value is -2.60. The lowest BCUT2D eigenvalue weighted by atomic mass is 10.1. The molecule has 0 unspecified atom stereocenters. The fourth-order valence-electron chi connectivity index (χ4n) is 3.35. The number of anilines is 1. The summed E-state index contributed by atoms with van der Waals surface area (Å²) >= 11 is 0. The summed E-state index contributed by atoms with van der Waals surface area (Å²) in [7, 11) is 0. The normalized spacial score (nSPS) is 15.7. The third kappa shape index (κ3) is 3.51. The molecule has 0 saturated carbocycles. The fraction of sp³-hybridized carbons (Fsp3) is 0.300. The summed E-state index contributed by atoms with van der Waals surface area (Å²) in [6, 6.07) is 17.8. The van der Waals surface area contributed by atoms with Gasteiger partial charge in [-0.2, -0.15) is 0 Å². The van der Waals surface area contributed by atoms with Crippen LogP contribution in [-0.2, 0) is 0 Å². The van der Waals surface area contributed by atoms with Crippen LogP contribution in [0.3, 0.4) is 0 Å². The molecule has 1 aromatic heterocycles. The number of hydrogen-bond acceptors (Lipinski definition) is 4. The van der Waals surface area contributed by atoms with E-state index in [4.69, 9.17) is 9.97 Å². The van der Waals surface area contributed by atoms with Crippen LogP contribution in [0.5, 0.6) is 0 Å². The number of hydrogen-bond donors (Lipinski definition) is 0. The van der Waals surface area contributed by atoms with Gasteiger partial charge in [0.25, 0.3) is 6.43 Å². The van der Waals surface area contributed by atoms with Gasteiger partial charge in [0.2, 0.25) is 0 Å². The molecule has 2 aromatic carbocycles. The number of aromatic nitrogens is 2. The van der Waals surface area contributed by atoms with E-state index in [9.17, 15) is 8.78 Å². The van der Waals surface area contributed by atoms with Gasteiger partial charge in [0, 0.05) is 37.1 Å². The number of benzene rings is 2. The zero-order chi connectivity index (χ0) is 17.9. The van der Waals surface area contributed by atoms with Gasteiger partial charge in [-0.25, -0.2) is 18.7 Å². The summed E-state index contributed by atoms with van der Waals surface area (Å²) < 4.78 is 25.2. The molecule has 0 spiro atoms. The fourth-order valence-corrected chi connectivity index (χ4v) is 3.35. The molecule has 4 nitrogen and oxygen atoms in total. The molecule has 2 heterocycles. The molecular weight excluding hydrogens is 334 g/mol. The third-order valence-corrected chi connectivity index (χ3v) is 4.68. The zero-order valence-electron chi connectivity index (χ0n) is 14.4.